The van der Waals surface area contributed by atoms with Crippen LogP contribution in [0.1, 0.15) is 44.6 Å². The molecule has 1 aliphatic rings. The fourth-order valence-electron chi connectivity index (χ4n) is 5.00. The molecule has 0 amide bonds. The summed E-state index contributed by atoms with van der Waals surface area (Å²) in [6, 6.07) is 18.2. The first-order chi connectivity index (χ1) is 18.9. The van der Waals surface area contributed by atoms with Crippen LogP contribution in [0.2, 0.25) is 0 Å². The molecular formula is C31H34F3N3O2. The minimum atomic E-state index is -4.43. The third kappa shape index (κ3) is 6.74. The van der Waals surface area contributed by atoms with E-state index in [1.54, 1.807) is 6.07 Å². The van der Waals surface area contributed by atoms with Gasteiger partial charge < -0.3 is 14.0 Å². The monoisotopic (exact) mass is 537 g/mol. The van der Waals surface area contributed by atoms with E-state index in [-0.39, 0.29) is 5.75 Å². The van der Waals surface area contributed by atoms with Gasteiger partial charge >= 0.3 is 6.18 Å². The molecule has 1 fully saturated rings. The molecular weight excluding hydrogens is 503 g/mol. The molecule has 0 spiro atoms. The molecule has 0 N–H and O–H groups in total. The fourth-order valence-corrected chi connectivity index (χ4v) is 5.00. The van der Waals surface area contributed by atoms with E-state index in [4.69, 9.17) is 14.5 Å². The van der Waals surface area contributed by atoms with Gasteiger partial charge in [0.2, 0.25) is 0 Å². The van der Waals surface area contributed by atoms with Gasteiger partial charge in [-0.25, -0.2) is 4.98 Å². The van der Waals surface area contributed by atoms with Crippen LogP contribution >= 0.6 is 0 Å². The van der Waals surface area contributed by atoms with E-state index in [0.29, 0.717) is 12.4 Å². The summed E-state index contributed by atoms with van der Waals surface area (Å²) in [5, 5.41) is 0. The van der Waals surface area contributed by atoms with Crippen LogP contribution in [0, 0.1) is 0 Å². The molecule has 5 nitrogen and oxygen atoms in total. The molecule has 0 aliphatic carbocycles. The minimum absolute atomic E-state index is 0.132. The zero-order valence-corrected chi connectivity index (χ0v) is 22.2. The van der Waals surface area contributed by atoms with E-state index in [9.17, 15) is 13.2 Å². The lowest BCUT2D eigenvalue weighted by Crippen LogP contribution is -2.33. The zero-order chi connectivity index (χ0) is 27.2. The number of hydrogen-bond donors (Lipinski definition) is 0. The van der Waals surface area contributed by atoms with E-state index in [1.165, 1.54) is 31.4 Å². The van der Waals surface area contributed by atoms with Crippen molar-refractivity contribution in [2.24, 2.45) is 0 Å². The van der Waals surface area contributed by atoms with Gasteiger partial charge in [-0.05, 0) is 74.8 Å². The highest BCUT2D eigenvalue weighted by atomic mass is 19.4. The number of hydrogen-bond acceptors (Lipinski definition) is 4. The van der Waals surface area contributed by atoms with Gasteiger partial charge in [-0.1, -0.05) is 38.0 Å². The molecule has 8 heteroatoms. The molecule has 1 saturated heterocycles. The standard InChI is InChI=1S/C31H34F3N3O2/c1-2-3-17-37-29-22-25(38-19-18-36-15-5-4-6-16-36)13-14-28(29)35-30(37)23-9-7-11-26(20-23)39-27-12-8-10-24(21-27)31(32,33)34/h7-14,20-22H,2-6,15-19H2,1H3. The second-order valence-electron chi connectivity index (χ2n) is 10.00. The summed E-state index contributed by atoms with van der Waals surface area (Å²) in [6.07, 6.45) is 1.43. The average molecular weight is 538 g/mol. The number of benzene rings is 3. The first-order valence-electron chi connectivity index (χ1n) is 13.7. The molecule has 3 aromatic carbocycles. The Labute approximate surface area is 227 Å². The van der Waals surface area contributed by atoms with Gasteiger partial charge in [0, 0.05) is 24.7 Å². The Morgan fingerprint density at radius 1 is 0.846 bits per heavy atom. The number of likely N-dealkylation sites (tertiary alicyclic amines) is 1. The maximum Gasteiger partial charge on any atom is 0.416 e. The SMILES string of the molecule is CCCCn1c(-c2cccc(Oc3cccc(C(F)(F)F)c3)c2)nc2ccc(OCCN3CCCCC3)cc21. The van der Waals surface area contributed by atoms with Crippen molar-refractivity contribution in [3.8, 4) is 28.6 Å². The predicted molar refractivity (Wildman–Crippen MR) is 147 cm³/mol. The predicted octanol–water partition coefficient (Wildman–Crippen LogP) is 8.18. The minimum Gasteiger partial charge on any atom is -0.492 e. The highest BCUT2D eigenvalue weighted by molar-refractivity contribution is 5.82. The number of nitrogens with zero attached hydrogens (tertiary/aromatic N) is 3. The van der Waals surface area contributed by atoms with Gasteiger partial charge in [0.25, 0.3) is 0 Å². The van der Waals surface area contributed by atoms with Crippen molar-refractivity contribution in [2.45, 2.75) is 51.7 Å². The Morgan fingerprint density at radius 3 is 2.38 bits per heavy atom. The normalized spacial score (nSPS) is 14.6. The number of halogens is 3. The van der Waals surface area contributed by atoms with E-state index < -0.39 is 11.7 Å². The average Bonchev–Trinajstić information content (AvgIpc) is 3.30. The molecule has 5 rings (SSSR count). The number of aryl methyl sites for hydroxylation is 1. The summed E-state index contributed by atoms with van der Waals surface area (Å²) < 4.78 is 53.6. The second kappa shape index (κ2) is 12.1. The molecule has 0 radical (unpaired) electrons. The number of aromatic nitrogens is 2. The summed E-state index contributed by atoms with van der Waals surface area (Å²) in [7, 11) is 0. The molecule has 0 unspecified atom stereocenters. The largest absolute Gasteiger partial charge is 0.492 e. The van der Waals surface area contributed by atoms with Gasteiger partial charge in [0.15, 0.2) is 0 Å². The molecule has 1 aromatic heterocycles. The van der Waals surface area contributed by atoms with Gasteiger partial charge in [-0.2, -0.15) is 13.2 Å². The highest BCUT2D eigenvalue weighted by Gasteiger charge is 2.30. The van der Waals surface area contributed by atoms with Crippen molar-refractivity contribution >= 4 is 11.0 Å². The molecule has 206 valence electrons. The number of piperidine rings is 1. The van der Waals surface area contributed by atoms with E-state index in [0.717, 1.165) is 79.3 Å². The van der Waals surface area contributed by atoms with Gasteiger partial charge in [0.05, 0.1) is 16.6 Å². The summed E-state index contributed by atoms with van der Waals surface area (Å²) in [6.45, 7) is 6.81. The van der Waals surface area contributed by atoms with Crippen LogP contribution in [0.25, 0.3) is 22.4 Å². The Kier molecular flexibility index (Phi) is 8.41. The number of imidazole rings is 1. The van der Waals surface area contributed by atoms with E-state index >= 15 is 0 Å². The number of rotatable bonds is 10. The summed E-state index contributed by atoms with van der Waals surface area (Å²) in [5.41, 5.74) is 1.96. The lowest BCUT2D eigenvalue weighted by molar-refractivity contribution is -0.137. The van der Waals surface area contributed by atoms with Crippen molar-refractivity contribution < 1.29 is 22.6 Å². The smallest absolute Gasteiger partial charge is 0.416 e. The maximum absolute atomic E-state index is 13.1. The summed E-state index contributed by atoms with van der Waals surface area (Å²) in [4.78, 5) is 7.38. The van der Waals surface area contributed by atoms with Crippen LogP contribution in [0.5, 0.6) is 17.2 Å². The zero-order valence-electron chi connectivity index (χ0n) is 22.2. The molecule has 0 atom stereocenters. The Balaban J connectivity index is 1.39. The van der Waals surface area contributed by atoms with E-state index in [2.05, 4.69) is 22.5 Å². The van der Waals surface area contributed by atoms with Crippen LogP contribution in [-0.4, -0.2) is 40.7 Å². The number of ether oxygens (including phenoxy) is 2. The maximum atomic E-state index is 13.1. The first-order valence-corrected chi connectivity index (χ1v) is 13.7. The Hall–Kier alpha value is -3.52. The molecule has 1 aliphatic heterocycles. The Bertz CT molecular complexity index is 1390. The van der Waals surface area contributed by atoms with Crippen LogP contribution < -0.4 is 9.47 Å². The Morgan fingerprint density at radius 2 is 1.62 bits per heavy atom. The van der Waals surface area contributed by atoms with Crippen molar-refractivity contribution in [2.75, 3.05) is 26.2 Å². The number of fused-ring (bicyclic) bond motifs is 1. The van der Waals surface area contributed by atoms with Gasteiger partial charge in [0.1, 0.15) is 29.7 Å². The van der Waals surface area contributed by atoms with Crippen molar-refractivity contribution in [1.29, 1.82) is 0 Å². The van der Waals surface area contributed by atoms with Crippen molar-refractivity contribution in [3.05, 3.63) is 72.3 Å². The lowest BCUT2D eigenvalue weighted by Gasteiger charge is -2.26. The van der Waals surface area contributed by atoms with Crippen LogP contribution in [0.4, 0.5) is 13.2 Å². The fraction of sp³-hybridized carbons (Fsp3) is 0.387. The lowest BCUT2D eigenvalue weighted by atomic mass is 10.1. The number of unbranched alkanes of at least 4 members (excludes halogenated alkanes) is 1. The van der Waals surface area contributed by atoms with Crippen LogP contribution in [0.3, 0.4) is 0 Å². The third-order valence-electron chi connectivity index (χ3n) is 7.07. The summed E-state index contributed by atoms with van der Waals surface area (Å²) >= 11 is 0. The van der Waals surface area contributed by atoms with Gasteiger partial charge in [-0.3, -0.25) is 4.90 Å². The van der Waals surface area contributed by atoms with Gasteiger partial charge in [-0.15, -0.1) is 0 Å². The molecule has 2 heterocycles. The van der Waals surface area contributed by atoms with Crippen LogP contribution in [0.15, 0.2) is 66.7 Å². The topological polar surface area (TPSA) is 39.5 Å². The molecule has 0 bridgehead atoms. The van der Waals surface area contributed by atoms with Crippen LogP contribution in [-0.2, 0) is 12.7 Å². The molecule has 0 saturated carbocycles. The van der Waals surface area contributed by atoms with Crippen molar-refractivity contribution in [3.63, 3.8) is 0 Å². The summed E-state index contributed by atoms with van der Waals surface area (Å²) in [5.74, 6) is 2.19. The third-order valence-corrected chi connectivity index (χ3v) is 7.07. The first kappa shape index (κ1) is 27.1. The quantitative estimate of drug-likeness (QED) is 0.205. The van der Waals surface area contributed by atoms with Crippen molar-refractivity contribution in [1.82, 2.24) is 14.5 Å². The molecule has 4 aromatic rings. The van der Waals surface area contributed by atoms with E-state index in [1.807, 2.05) is 30.3 Å². The second-order valence-corrected chi connectivity index (χ2v) is 10.00. The highest BCUT2D eigenvalue weighted by Crippen LogP contribution is 2.34. The molecule has 39 heavy (non-hydrogen) atoms. The number of alkyl halides is 3.